The second-order valence-corrected chi connectivity index (χ2v) is 7.30. The van der Waals surface area contributed by atoms with E-state index in [0.29, 0.717) is 18.1 Å². The van der Waals surface area contributed by atoms with Crippen LogP contribution in [0.3, 0.4) is 0 Å². The number of hydrogen-bond donors (Lipinski definition) is 2. The third-order valence-electron chi connectivity index (χ3n) is 5.62. The normalized spacial score (nSPS) is 15.7. The molecule has 5 rings (SSSR count). The molecule has 138 valence electrons. The Kier molecular flexibility index (Phi) is 4.05. The first-order valence-corrected chi connectivity index (χ1v) is 9.52. The smallest absolute Gasteiger partial charge is 0.327 e. The molecule has 4 heterocycles. The number of nitrogens with zero attached hydrogens (tertiary/aromatic N) is 2. The van der Waals surface area contributed by atoms with E-state index in [4.69, 9.17) is 4.74 Å². The van der Waals surface area contributed by atoms with Gasteiger partial charge in [-0.25, -0.2) is 9.78 Å². The number of aryl methyl sites for hydroxylation is 1. The van der Waals surface area contributed by atoms with Crippen LogP contribution < -0.4 is 5.69 Å². The van der Waals surface area contributed by atoms with Crippen LogP contribution in [-0.4, -0.2) is 32.7 Å². The number of imidazole rings is 1. The van der Waals surface area contributed by atoms with Gasteiger partial charge in [-0.3, -0.25) is 9.55 Å². The maximum atomic E-state index is 12.4. The highest BCUT2D eigenvalue weighted by atomic mass is 16.5. The molecule has 0 aliphatic carbocycles. The highest BCUT2D eigenvalue weighted by molar-refractivity contribution is 5.86. The molecule has 2 N–H and O–H groups in total. The molecule has 0 amide bonds. The van der Waals surface area contributed by atoms with Crippen LogP contribution >= 0.6 is 0 Å². The van der Waals surface area contributed by atoms with Crippen LogP contribution in [0.2, 0.25) is 0 Å². The number of pyridine rings is 1. The molecule has 1 aliphatic heterocycles. The lowest BCUT2D eigenvalue weighted by molar-refractivity contribution is 0.0626. The van der Waals surface area contributed by atoms with E-state index < -0.39 is 0 Å². The first-order chi connectivity index (χ1) is 13.3. The topological polar surface area (TPSA) is 75.7 Å². The summed E-state index contributed by atoms with van der Waals surface area (Å²) in [7, 11) is 0. The van der Waals surface area contributed by atoms with Crippen LogP contribution in [0.25, 0.3) is 33.2 Å². The van der Waals surface area contributed by atoms with Gasteiger partial charge in [0.1, 0.15) is 0 Å². The molecule has 4 aromatic rings. The maximum Gasteiger partial charge on any atom is 0.327 e. The molecule has 0 saturated carbocycles. The van der Waals surface area contributed by atoms with Crippen molar-refractivity contribution in [3.63, 3.8) is 0 Å². The minimum absolute atomic E-state index is 0.0807. The summed E-state index contributed by atoms with van der Waals surface area (Å²) in [5, 5.41) is 1.17. The van der Waals surface area contributed by atoms with Gasteiger partial charge in [0.05, 0.1) is 5.52 Å². The van der Waals surface area contributed by atoms with Gasteiger partial charge < -0.3 is 9.72 Å². The monoisotopic (exact) mass is 362 g/mol. The first kappa shape index (κ1) is 16.3. The number of hydrogen-bond acceptors (Lipinski definition) is 3. The Morgan fingerprint density at radius 2 is 2.04 bits per heavy atom. The van der Waals surface area contributed by atoms with Crippen LogP contribution in [0.1, 0.15) is 19.3 Å². The van der Waals surface area contributed by atoms with Crippen molar-refractivity contribution in [2.75, 3.05) is 13.2 Å². The van der Waals surface area contributed by atoms with Crippen molar-refractivity contribution < 1.29 is 4.74 Å². The first-order valence-electron chi connectivity index (χ1n) is 9.52. The zero-order valence-electron chi connectivity index (χ0n) is 15.1. The lowest BCUT2D eigenvalue weighted by atomic mass is 9.96. The third-order valence-corrected chi connectivity index (χ3v) is 5.62. The fourth-order valence-electron chi connectivity index (χ4n) is 3.99. The fraction of sp³-hybridized carbons (Fsp3) is 0.333. The van der Waals surface area contributed by atoms with E-state index in [1.54, 1.807) is 0 Å². The molecule has 1 fully saturated rings. The average molecular weight is 362 g/mol. The molecular weight excluding hydrogens is 340 g/mol. The Hall–Kier alpha value is -2.86. The van der Waals surface area contributed by atoms with Crippen molar-refractivity contribution in [2.24, 2.45) is 5.92 Å². The van der Waals surface area contributed by atoms with E-state index in [-0.39, 0.29) is 5.69 Å². The quantitative estimate of drug-likeness (QED) is 0.581. The molecule has 6 heteroatoms. The second-order valence-electron chi connectivity index (χ2n) is 7.30. The fourth-order valence-corrected chi connectivity index (χ4v) is 3.99. The second kappa shape index (κ2) is 6.70. The molecular formula is C21H22N4O2. The molecule has 1 aromatic carbocycles. The summed E-state index contributed by atoms with van der Waals surface area (Å²) < 4.78 is 7.26. The summed E-state index contributed by atoms with van der Waals surface area (Å²) in [5.41, 5.74) is 4.67. The Labute approximate surface area is 156 Å². The third kappa shape index (κ3) is 3.06. The van der Waals surface area contributed by atoms with Gasteiger partial charge in [0, 0.05) is 43.2 Å². The number of aromatic nitrogens is 4. The van der Waals surface area contributed by atoms with E-state index in [9.17, 15) is 4.79 Å². The summed E-state index contributed by atoms with van der Waals surface area (Å²) in [6.07, 6.45) is 6.93. The number of aromatic amines is 2. The van der Waals surface area contributed by atoms with Gasteiger partial charge in [-0.15, -0.1) is 0 Å². The number of fused-ring (bicyclic) bond motifs is 2. The van der Waals surface area contributed by atoms with E-state index in [0.717, 1.165) is 54.6 Å². The van der Waals surface area contributed by atoms with E-state index in [1.165, 1.54) is 5.39 Å². The lowest BCUT2D eigenvalue weighted by Crippen LogP contribution is -2.21. The van der Waals surface area contributed by atoms with Crippen molar-refractivity contribution in [3.05, 3.63) is 53.2 Å². The van der Waals surface area contributed by atoms with Gasteiger partial charge in [0.15, 0.2) is 5.65 Å². The SMILES string of the molecule is O=c1[nH]c2ncc(-c3ccc4[nH]ccc4c3)cc2n1CCC1CCOCC1. The molecule has 0 spiro atoms. The minimum Gasteiger partial charge on any atom is -0.381 e. The van der Waals surface area contributed by atoms with Crippen molar-refractivity contribution in [1.82, 2.24) is 19.5 Å². The van der Waals surface area contributed by atoms with Gasteiger partial charge in [0.25, 0.3) is 0 Å². The summed E-state index contributed by atoms with van der Waals surface area (Å²) in [6.45, 7) is 2.38. The van der Waals surface area contributed by atoms with E-state index in [1.807, 2.05) is 17.0 Å². The van der Waals surface area contributed by atoms with Crippen molar-refractivity contribution in [1.29, 1.82) is 0 Å². The lowest BCUT2D eigenvalue weighted by Gasteiger charge is -2.21. The van der Waals surface area contributed by atoms with Crippen molar-refractivity contribution in [3.8, 4) is 11.1 Å². The average Bonchev–Trinajstić information content (AvgIpc) is 3.29. The number of rotatable bonds is 4. The predicted molar refractivity (Wildman–Crippen MR) is 106 cm³/mol. The van der Waals surface area contributed by atoms with Crippen LogP contribution in [-0.2, 0) is 11.3 Å². The number of H-pyrrole nitrogens is 2. The molecule has 3 aromatic heterocycles. The van der Waals surface area contributed by atoms with Gasteiger partial charge >= 0.3 is 5.69 Å². The highest BCUT2D eigenvalue weighted by Gasteiger charge is 2.16. The molecule has 1 saturated heterocycles. The zero-order valence-corrected chi connectivity index (χ0v) is 15.1. The van der Waals surface area contributed by atoms with Gasteiger partial charge in [-0.05, 0) is 60.4 Å². The molecule has 1 aliphatic rings. The largest absolute Gasteiger partial charge is 0.381 e. The van der Waals surface area contributed by atoms with Gasteiger partial charge in [0.2, 0.25) is 0 Å². The van der Waals surface area contributed by atoms with Crippen LogP contribution in [0.4, 0.5) is 0 Å². The van der Waals surface area contributed by atoms with E-state index >= 15 is 0 Å². The standard InChI is InChI=1S/C21H22N4O2/c26-21-24-20-19(25(21)8-4-14-5-9-27-10-6-14)12-17(13-23-20)15-1-2-18-16(11-15)3-7-22-18/h1-3,7,11-14,22H,4-6,8-10H2,(H,23,24,26). The summed E-state index contributed by atoms with van der Waals surface area (Å²) in [5.74, 6) is 0.628. The van der Waals surface area contributed by atoms with Gasteiger partial charge in [-0.1, -0.05) is 6.07 Å². The number of ether oxygens (including phenoxy) is 1. The van der Waals surface area contributed by atoms with Crippen LogP contribution in [0.15, 0.2) is 47.5 Å². The summed E-state index contributed by atoms with van der Waals surface area (Å²) in [4.78, 5) is 23.0. The minimum atomic E-state index is -0.0807. The Bertz CT molecular complexity index is 1150. The molecule has 0 bridgehead atoms. The summed E-state index contributed by atoms with van der Waals surface area (Å²) >= 11 is 0. The van der Waals surface area contributed by atoms with E-state index in [2.05, 4.69) is 45.3 Å². The van der Waals surface area contributed by atoms with Crippen LogP contribution in [0, 0.1) is 5.92 Å². The van der Waals surface area contributed by atoms with Crippen LogP contribution in [0.5, 0.6) is 0 Å². The number of nitrogens with one attached hydrogen (secondary N) is 2. The zero-order chi connectivity index (χ0) is 18.2. The predicted octanol–water partition coefficient (Wildman–Crippen LogP) is 3.69. The number of benzene rings is 1. The molecule has 0 radical (unpaired) electrons. The Morgan fingerprint density at radius 3 is 2.93 bits per heavy atom. The molecule has 6 nitrogen and oxygen atoms in total. The maximum absolute atomic E-state index is 12.4. The molecule has 27 heavy (non-hydrogen) atoms. The molecule has 0 atom stereocenters. The van der Waals surface area contributed by atoms with Crippen molar-refractivity contribution in [2.45, 2.75) is 25.8 Å². The Balaban J connectivity index is 1.49. The van der Waals surface area contributed by atoms with Gasteiger partial charge in [-0.2, -0.15) is 0 Å². The Morgan fingerprint density at radius 1 is 1.15 bits per heavy atom. The summed E-state index contributed by atoms with van der Waals surface area (Å²) in [6, 6.07) is 10.4. The van der Waals surface area contributed by atoms with Crippen molar-refractivity contribution >= 4 is 22.1 Å². The highest BCUT2D eigenvalue weighted by Crippen LogP contribution is 2.26. The molecule has 0 unspecified atom stereocenters.